The van der Waals surface area contributed by atoms with Gasteiger partial charge in [0.05, 0.1) is 6.04 Å². The number of Topliss-reactive ketones (excluding diaryl/α,β-unsaturated/α-hetero) is 1. The summed E-state index contributed by atoms with van der Waals surface area (Å²) in [6, 6.07) is 15.1. The van der Waals surface area contributed by atoms with Crippen LogP contribution in [0.3, 0.4) is 0 Å². The van der Waals surface area contributed by atoms with Crippen LogP contribution in [-0.2, 0) is 4.79 Å². The molecule has 1 N–H and O–H groups in total. The number of nitrogens with one attached hydrogen (secondary N) is 1. The first kappa shape index (κ1) is 22.3. The van der Waals surface area contributed by atoms with Gasteiger partial charge in [-0.1, -0.05) is 30.3 Å². The van der Waals surface area contributed by atoms with E-state index in [4.69, 9.17) is 9.47 Å². The summed E-state index contributed by atoms with van der Waals surface area (Å²) in [7, 11) is 2.13. The lowest BCUT2D eigenvalue weighted by atomic mass is 10.0. The third kappa shape index (κ3) is 5.87. The topological polar surface area (TPSA) is 71.1 Å². The van der Waals surface area contributed by atoms with E-state index in [1.54, 1.807) is 18.2 Å². The molecule has 0 saturated carbocycles. The van der Waals surface area contributed by atoms with Gasteiger partial charge in [0.1, 0.15) is 13.2 Å². The first-order valence-corrected chi connectivity index (χ1v) is 11.3. The molecule has 1 fully saturated rings. The van der Waals surface area contributed by atoms with E-state index in [2.05, 4.69) is 22.2 Å². The van der Waals surface area contributed by atoms with Crippen LogP contribution < -0.4 is 14.8 Å². The molecular weight excluding hydrogens is 406 g/mol. The van der Waals surface area contributed by atoms with Gasteiger partial charge < -0.3 is 19.7 Å². The number of carbonyl (C=O) groups excluding carboxylic acids is 2. The van der Waals surface area contributed by atoms with Gasteiger partial charge in [-0.25, -0.2) is 0 Å². The van der Waals surface area contributed by atoms with Crippen LogP contribution in [0, 0.1) is 0 Å². The second-order valence-corrected chi connectivity index (χ2v) is 8.42. The molecule has 2 aliphatic rings. The maximum Gasteiger partial charge on any atom is 0.220 e. The number of ketones is 1. The van der Waals surface area contributed by atoms with Crippen LogP contribution in [-0.4, -0.2) is 74.5 Å². The zero-order chi connectivity index (χ0) is 22.3. The fourth-order valence-corrected chi connectivity index (χ4v) is 4.06. The summed E-state index contributed by atoms with van der Waals surface area (Å²) in [5, 5.41) is 3.16. The van der Waals surface area contributed by atoms with Gasteiger partial charge in [-0.05, 0) is 30.8 Å². The number of piperazine rings is 1. The fraction of sp³-hybridized carbons (Fsp3) is 0.440. The number of likely N-dealkylation sites (N-methyl/N-ethyl adjacent to an activating group) is 1. The van der Waals surface area contributed by atoms with Gasteiger partial charge in [0.2, 0.25) is 5.91 Å². The predicted octanol–water partition coefficient (Wildman–Crippen LogP) is 2.53. The van der Waals surface area contributed by atoms with Crippen molar-refractivity contribution in [2.24, 2.45) is 0 Å². The number of rotatable bonds is 8. The highest BCUT2D eigenvalue weighted by Gasteiger charge is 2.22. The van der Waals surface area contributed by atoms with Gasteiger partial charge >= 0.3 is 0 Å². The van der Waals surface area contributed by atoms with E-state index in [-0.39, 0.29) is 30.6 Å². The number of hydrogen-bond acceptors (Lipinski definition) is 6. The standard InChI is InChI=1S/C25H31N3O4/c1-27-11-13-28(14-12-27)18-21(19-5-3-2-4-6-19)26-25(30)10-8-22(29)20-7-9-23-24(17-20)32-16-15-31-23/h2-7,9,17,21H,8,10-16,18H2,1H3,(H,26,30). The van der Waals surface area contributed by atoms with E-state index in [1.165, 1.54) is 0 Å². The average Bonchev–Trinajstić information content (AvgIpc) is 2.83. The van der Waals surface area contributed by atoms with Gasteiger partial charge in [-0.2, -0.15) is 0 Å². The molecule has 2 aliphatic heterocycles. The number of amides is 1. The molecule has 1 saturated heterocycles. The molecule has 1 amide bonds. The Labute approximate surface area is 189 Å². The molecule has 0 spiro atoms. The van der Waals surface area contributed by atoms with Crippen molar-refractivity contribution in [1.82, 2.24) is 15.1 Å². The molecule has 0 aliphatic carbocycles. The van der Waals surface area contributed by atoms with Crippen molar-refractivity contribution in [1.29, 1.82) is 0 Å². The Morgan fingerprint density at radius 2 is 1.66 bits per heavy atom. The Hall–Kier alpha value is -2.90. The number of nitrogens with zero attached hydrogens (tertiary/aromatic N) is 2. The second kappa shape index (κ2) is 10.6. The largest absolute Gasteiger partial charge is 0.486 e. The SMILES string of the molecule is CN1CCN(CC(NC(=O)CCC(=O)c2ccc3c(c2)OCCO3)c2ccccc2)CC1. The van der Waals surface area contributed by atoms with Crippen LogP contribution in [0.1, 0.15) is 34.8 Å². The van der Waals surface area contributed by atoms with Crippen molar-refractivity contribution in [3.63, 3.8) is 0 Å². The van der Waals surface area contributed by atoms with Crippen LogP contribution in [0.4, 0.5) is 0 Å². The summed E-state index contributed by atoms with van der Waals surface area (Å²) in [6.07, 6.45) is 0.306. The minimum Gasteiger partial charge on any atom is -0.486 e. The summed E-state index contributed by atoms with van der Waals surface area (Å²) < 4.78 is 11.1. The molecule has 2 aromatic rings. The van der Waals surface area contributed by atoms with Crippen molar-refractivity contribution in [3.05, 3.63) is 59.7 Å². The van der Waals surface area contributed by atoms with Gasteiger partial charge in [0.15, 0.2) is 17.3 Å². The van der Waals surface area contributed by atoms with Crippen molar-refractivity contribution in [2.45, 2.75) is 18.9 Å². The first-order valence-electron chi connectivity index (χ1n) is 11.3. The zero-order valence-electron chi connectivity index (χ0n) is 18.6. The summed E-state index contributed by atoms with van der Waals surface area (Å²) in [4.78, 5) is 30.1. The lowest BCUT2D eigenvalue weighted by Crippen LogP contribution is -2.47. The van der Waals surface area contributed by atoms with Gasteiger partial charge in [0, 0.05) is 51.1 Å². The normalized spacial score (nSPS) is 17.5. The minimum absolute atomic E-state index is 0.0764. The zero-order valence-corrected chi connectivity index (χ0v) is 18.6. The molecule has 32 heavy (non-hydrogen) atoms. The molecule has 7 heteroatoms. The number of hydrogen-bond donors (Lipinski definition) is 1. The van der Waals surface area contributed by atoms with Crippen molar-refractivity contribution < 1.29 is 19.1 Å². The Morgan fingerprint density at radius 3 is 2.41 bits per heavy atom. The Kier molecular flexibility index (Phi) is 7.39. The van der Waals surface area contributed by atoms with Gasteiger partial charge in [-0.3, -0.25) is 14.5 Å². The Balaban J connectivity index is 1.34. The summed E-state index contributed by atoms with van der Waals surface area (Å²) in [6.45, 7) is 5.77. The van der Waals surface area contributed by atoms with Gasteiger partial charge in [-0.15, -0.1) is 0 Å². The smallest absolute Gasteiger partial charge is 0.220 e. The lowest BCUT2D eigenvalue weighted by molar-refractivity contribution is -0.122. The Morgan fingerprint density at radius 1 is 0.938 bits per heavy atom. The highest BCUT2D eigenvalue weighted by Crippen LogP contribution is 2.31. The van der Waals surface area contributed by atoms with E-state index in [0.717, 1.165) is 38.3 Å². The summed E-state index contributed by atoms with van der Waals surface area (Å²) in [5.41, 5.74) is 1.62. The predicted molar refractivity (Wildman–Crippen MR) is 122 cm³/mol. The van der Waals surface area contributed by atoms with Crippen LogP contribution in [0.25, 0.3) is 0 Å². The third-order valence-corrected chi connectivity index (χ3v) is 6.02. The summed E-state index contributed by atoms with van der Waals surface area (Å²) in [5.74, 6) is 1.05. The van der Waals surface area contributed by atoms with Crippen molar-refractivity contribution >= 4 is 11.7 Å². The minimum atomic E-state index is -0.112. The molecular formula is C25H31N3O4. The number of benzene rings is 2. The second-order valence-electron chi connectivity index (χ2n) is 8.42. The number of ether oxygens (including phenoxy) is 2. The van der Waals surface area contributed by atoms with E-state index in [1.807, 2.05) is 30.3 Å². The van der Waals surface area contributed by atoms with Crippen LogP contribution in [0.2, 0.25) is 0 Å². The molecule has 7 nitrogen and oxygen atoms in total. The summed E-state index contributed by atoms with van der Waals surface area (Å²) >= 11 is 0. The Bertz CT molecular complexity index is 926. The van der Waals surface area contributed by atoms with Crippen LogP contribution in [0.15, 0.2) is 48.5 Å². The fourth-order valence-electron chi connectivity index (χ4n) is 4.06. The molecule has 0 radical (unpaired) electrons. The van der Waals surface area contributed by atoms with E-state index < -0.39 is 0 Å². The van der Waals surface area contributed by atoms with Gasteiger partial charge in [0.25, 0.3) is 0 Å². The number of fused-ring (bicyclic) bond motifs is 1. The van der Waals surface area contributed by atoms with Crippen molar-refractivity contribution in [2.75, 3.05) is 53.0 Å². The molecule has 0 aromatic heterocycles. The molecule has 0 bridgehead atoms. The first-order chi connectivity index (χ1) is 15.6. The quantitative estimate of drug-likeness (QED) is 0.640. The third-order valence-electron chi connectivity index (χ3n) is 6.02. The molecule has 1 unspecified atom stereocenters. The van der Waals surface area contributed by atoms with E-state index >= 15 is 0 Å². The molecule has 2 aromatic carbocycles. The maximum absolute atomic E-state index is 12.8. The van der Waals surface area contributed by atoms with Crippen LogP contribution in [0.5, 0.6) is 11.5 Å². The molecule has 4 rings (SSSR count). The highest BCUT2D eigenvalue weighted by atomic mass is 16.6. The number of carbonyl (C=O) groups is 2. The molecule has 2 heterocycles. The highest BCUT2D eigenvalue weighted by molar-refractivity contribution is 5.98. The monoisotopic (exact) mass is 437 g/mol. The van der Waals surface area contributed by atoms with Crippen LogP contribution >= 0.6 is 0 Å². The van der Waals surface area contributed by atoms with Crippen molar-refractivity contribution in [3.8, 4) is 11.5 Å². The average molecular weight is 438 g/mol. The van der Waals surface area contributed by atoms with E-state index in [0.29, 0.717) is 30.3 Å². The lowest BCUT2D eigenvalue weighted by Gasteiger charge is -2.35. The molecule has 170 valence electrons. The van der Waals surface area contributed by atoms with E-state index in [9.17, 15) is 9.59 Å². The maximum atomic E-state index is 12.8. The molecule has 1 atom stereocenters.